The number of fused-ring (bicyclic) bond motifs is 1. The maximum atomic E-state index is 12.0. The molecule has 0 radical (unpaired) electrons. The Hall–Kier alpha value is -2.35. The van der Waals surface area contributed by atoms with E-state index in [0.717, 1.165) is 16.6 Å². The normalized spacial score (nSPS) is 19.0. The lowest BCUT2D eigenvalue weighted by Crippen LogP contribution is -2.25. The van der Waals surface area contributed by atoms with Gasteiger partial charge in [-0.1, -0.05) is 12.1 Å². The summed E-state index contributed by atoms with van der Waals surface area (Å²) >= 11 is 0. The molecule has 1 aliphatic heterocycles. The molecular formula is C16H19N3O4S. The summed E-state index contributed by atoms with van der Waals surface area (Å²) in [5.41, 5.74) is 2.42. The van der Waals surface area contributed by atoms with Gasteiger partial charge >= 0.3 is 5.69 Å². The van der Waals surface area contributed by atoms with Crippen molar-refractivity contribution >= 4 is 26.8 Å². The second-order valence-corrected chi connectivity index (χ2v) is 8.05. The molecule has 1 atom stereocenters. The Balaban J connectivity index is 1.65. The number of imidazole rings is 1. The third-order valence-corrected chi connectivity index (χ3v) is 5.74. The first-order valence-electron chi connectivity index (χ1n) is 7.59. The molecular weight excluding hydrogens is 330 g/mol. The highest BCUT2D eigenvalue weighted by Crippen LogP contribution is 2.18. The molecule has 0 saturated heterocycles. The van der Waals surface area contributed by atoms with Gasteiger partial charge in [0.25, 0.3) is 0 Å². The second-order valence-electron chi connectivity index (χ2n) is 6.12. The average molecular weight is 349 g/mol. The van der Waals surface area contributed by atoms with E-state index in [1.54, 1.807) is 29.3 Å². The molecule has 2 heterocycles. The lowest BCUT2D eigenvalue weighted by molar-refractivity contribution is -0.121. The topological polar surface area (TPSA) is 90.2 Å². The maximum Gasteiger partial charge on any atom is 0.328 e. The van der Waals surface area contributed by atoms with E-state index < -0.39 is 9.84 Å². The van der Waals surface area contributed by atoms with Gasteiger partial charge in [-0.05, 0) is 17.7 Å². The molecule has 2 aromatic rings. The first-order valence-corrected chi connectivity index (χ1v) is 9.30. The summed E-state index contributed by atoms with van der Waals surface area (Å²) in [4.78, 5) is 23.9. The molecule has 0 fully saturated rings. The number of sulfone groups is 1. The van der Waals surface area contributed by atoms with Gasteiger partial charge in [0.05, 0.1) is 16.8 Å². The standard InChI is InChI=1S/C16H19N3O4S/c1-18-13-4-3-11(7-14(13)19(2)16(18)21)9-17-15(20)8-12-5-6-24(22,23)10-12/h3-7,12H,8-10H2,1-2H3,(H,17,20). The predicted octanol–water partition coefficient (Wildman–Crippen LogP) is 0.442. The van der Waals surface area contributed by atoms with Crippen molar-refractivity contribution < 1.29 is 13.2 Å². The largest absolute Gasteiger partial charge is 0.352 e. The zero-order valence-electron chi connectivity index (χ0n) is 13.5. The molecule has 8 heteroatoms. The van der Waals surface area contributed by atoms with Crippen molar-refractivity contribution in [3.05, 3.63) is 45.7 Å². The summed E-state index contributed by atoms with van der Waals surface area (Å²) in [6.07, 6.45) is 1.72. The highest BCUT2D eigenvalue weighted by Gasteiger charge is 2.23. The quantitative estimate of drug-likeness (QED) is 0.867. The summed E-state index contributed by atoms with van der Waals surface area (Å²) in [7, 11) is 0.292. The van der Waals surface area contributed by atoms with Crippen LogP contribution in [0.25, 0.3) is 11.0 Å². The zero-order chi connectivity index (χ0) is 17.5. The minimum absolute atomic E-state index is 0.00148. The summed E-state index contributed by atoms with van der Waals surface area (Å²) in [5.74, 6) is -0.449. The SMILES string of the molecule is Cn1c(=O)n(C)c2cc(CNC(=O)CC3C=CS(=O)(=O)C3)ccc21. The highest BCUT2D eigenvalue weighted by atomic mass is 32.2. The van der Waals surface area contributed by atoms with Crippen molar-refractivity contribution in [2.24, 2.45) is 20.0 Å². The van der Waals surface area contributed by atoms with Gasteiger partial charge in [-0.15, -0.1) is 0 Å². The lowest BCUT2D eigenvalue weighted by atomic mass is 10.1. The Morgan fingerprint density at radius 2 is 1.96 bits per heavy atom. The van der Waals surface area contributed by atoms with Crippen molar-refractivity contribution in [3.63, 3.8) is 0 Å². The van der Waals surface area contributed by atoms with Crippen LogP contribution in [0.15, 0.2) is 34.5 Å². The van der Waals surface area contributed by atoms with E-state index in [0.29, 0.717) is 6.54 Å². The molecule has 1 unspecified atom stereocenters. The first-order chi connectivity index (χ1) is 11.3. The fourth-order valence-corrected chi connectivity index (χ4v) is 4.34. The lowest BCUT2D eigenvalue weighted by Gasteiger charge is -2.08. The van der Waals surface area contributed by atoms with Crippen molar-refractivity contribution in [3.8, 4) is 0 Å². The number of carbonyl (C=O) groups excluding carboxylic acids is 1. The number of aryl methyl sites for hydroxylation is 2. The Bertz CT molecular complexity index is 998. The number of nitrogens with one attached hydrogen (secondary N) is 1. The number of rotatable bonds is 4. The summed E-state index contributed by atoms with van der Waals surface area (Å²) in [6, 6.07) is 5.59. The second kappa shape index (κ2) is 5.94. The molecule has 3 rings (SSSR count). The molecule has 7 nitrogen and oxygen atoms in total. The van der Waals surface area contributed by atoms with Crippen LogP contribution in [-0.2, 0) is 35.3 Å². The van der Waals surface area contributed by atoms with Crippen LogP contribution in [0, 0.1) is 5.92 Å². The molecule has 0 saturated carbocycles. The maximum absolute atomic E-state index is 12.0. The molecule has 0 bridgehead atoms. The van der Waals surface area contributed by atoms with Gasteiger partial charge < -0.3 is 5.32 Å². The number of carbonyl (C=O) groups is 1. The van der Waals surface area contributed by atoms with E-state index in [9.17, 15) is 18.0 Å². The number of hydrogen-bond donors (Lipinski definition) is 1. The Kier molecular flexibility index (Phi) is 4.08. The van der Waals surface area contributed by atoms with Gasteiger partial charge in [0.2, 0.25) is 5.91 Å². The number of allylic oxidation sites excluding steroid dienone is 1. The number of aromatic nitrogens is 2. The zero-order valence-corrected chi connectivity index (χ0v) is 14.3. The van der Waals surface area contributed by atoms with Crippen LogP contribution in [0.5, 0.6) is 0 Å². The molecule has 1 aromatic carbocycles. The van der Waals surface area contributed by atoms with Gasteiger partial charge in [0, 0.05) is 38.4 Å². The minimum Gasteiger partial charge on any atom is -0.352 e. The third kappa shape index (κ3) is 3.14. The molecule has 1 aromatic heterocycles. The number of amides is 1. The van der Waals surface area contributed by atoms with Crippen LogP contribution in [0.2, 0.25) is 0 Å². The third-order valence-electron chi connectivity index (χ3n) is 4.28. The van der Waals surface area contributed by atoms with Crippen LogP contribution in [0.3, 0.4) is 0 Å². The van der Waals surface area contributed by atoms with Gasteiger partial charge in [0.15, 0.2) is 9.84 Å². The molecule has 0 spiro atoms. The van der Waals surface area contributed by atoms with Crippen LogP contribution in [0.1, 0.15) is 12.0 Å². The summed E-state index contributed by atoms with van der Waals surface area (Å²) < 4.78 is 25.8. The van der Waals surface area contributed by atoms with E-state index in [1.807, 2.05) is 18.2 Å². The molecule has 24 heavy (non-hydrogen) atoms. The van der Waals surface area contributed by atoms with E-state index >= 15 is 0 Å². The predicted molar refractivity (Wildman–Crippen MR) is 91.0 cm³/mol. The minimum atomic E-state index is -3.13. The number of hydrogen-bond acceptors (Lipinski definition) is 4. The monoisotopic (exact) mass is 349 g/mol. The van der Waals surface area contributed by atoms with Gasteiger partial charge in [0.1, 0.15) is 0 Å². The number of nitrogens with zero attached hydrogens (tertiary/aromatic N) is 2. The molecule has 128 valence electrons. The van der Waals surface area contributed by atoms with Crippen LogP contribution in [0.4, 0.5) is 0 Å². The van der Waals surface area contributed by atoms with Crippen molar-refractivity contribution in [1.82, 2.24) is 14.5 Å². The summed E-state index contributed by atoms with van der Waals surface area (Å²) in [6.45, 7) is 0.334. The fraction of sp³-hybridized carbons (Fsp3) is 0.375. The van der Waals surface area contributed by atoms with Gasteiger partial charge in [-0.2, -0.15) is 0 Å². The van der Waals surface area contributed by atoms with Gasteiger partial charge in [-0.25, -0.2) is 13.2 Å². The van der Waals surface area contributed by atoms with Gasteiger partial charge in [-0.3, -0.25) is 13.9 Å². The van der Waals surface area contributed by atoms with E-state index in [-0.39, 0.29) is 29.7 Å². The highest BCUT2D eigenvalue weighted by molar-refractivity contribution is 7.94. The Morgan fingerprint density at radius 1 is 1.25 bits per heavy atom. The number of benzene rings is 1. The van der Waals surface area contributed by atoms with Crippen LogP contribution in [-0.4, -0.2) is 29.2 Å². The Morgan fingerprint density at radius 3 is 2.62 bits per heavy atom. The van der Waals surface area contributed by atoms with Crippen LogP contribution < -0.4 is 11.0 Å². The molecule has 1 aliphatic rings. The first kappa shape index (κ1) is 16.5. The van der Waals surface area contributed by atoms with Crippen LogP contribution >= 0.6 is 0 Å². The van der Waals surface area contributed by atoms with E-state index in [1.165, 1.54) is 5.41 Å². The van der Waals surface area contributed by atoms with Crippen molar-refractivity contribution in [1.29, 1.82) is 0 Å². The molecule has 1 N–H and O–H groups in total. The Labute approximate surface area is 139 Å². The van der Waals surface area contributed by atoms with Crippen molar-refractivity contribution in [2.75, 3.05) is 5.75 Å². The molecule has 1 amide bonds. The average Bonchev–Trinajstić information content (AvgIpc) is 2.98. The smallest absolute Gasteiger partial charge is 0.328 e. The summed E-state index contributed by atoms with van der Waals surface area (Å²) in [5, 5.41) is 3.97. The van der Waals surface area contributed by atoms with E-state index in [4.69, 9.17) is 0 Å². The fourth-order valence-electron chi connectivity index (χ4n) is 2.94. The van der Waals surface area contributed by atoms with Crippen molar-refractivity contribution in [2.45, 2.75) is 13.0 Å². The van der Waals surface area contributed by atoms with E-state index in [2.05, 4.69) is 5.32 Å². The molecule has 0 aliphatic carbocycles.